The molecule has 0 aliphatic heterocycles. The zero-order chi connectivity index (χ0) is 23.4. The number of hydrogen-bond donors (Lipinski definition) is 0. The van der Waals surface area contributed by atoms with Crippen LogP contribution in [-0.4, -0.2) is 32.5 Å². The van der Waals surface area contributed by atoms with Gasteiger partial charge in [-0.2, -0.15) is 0 Å². The molecule has 33 heavy (non-hydrogen) atoms. The molecule has 2 heterocycles. The van der Waals surface area contributed by atoms with E-state index < -0.39 is 11.4 Å². The molecule has 4 rings (SSSR count). The van der Waals surface area contributed by atoms with E-state index in [0.29, 0.717) is 22.1 Å². The van der Waals surface area contributed by atoms with Crippen LogP contribution in [0.4, 0.5) is 4.39 Å². The summed E-state index contributed by atoms with van der Waals surface area (Å²) in [6.07, 6.45) is 5.32. The summed E-state index contributed by atoms with van der Waals surface area (Å²) in [7, 11) is 0. The molecule has 2 aromatic carbocycles. The third-order valence-corrected chi connectivity index (χ3v) is 5.82. The Morgan fingerprint density at radius 2 is 1.85 bits per heavy atom. The van der Waals surface area contributed by atoms with E-state index in [2.05, 4.69) is 28.7 Å². The Morgan fingerprint density at radius 3 is 2.61 bits per heavy atom. The van der Waals surface area contributed by atoms with Gasteiger partial charge in [0.1, 0.15) is 11.6 Å². The molecule has 0 fully saturated rings. The largest absolute Gasteiger partial charge is 0.300 e. The van der Waals surface area contributed by atoms with Crippen LogP contribution in [0.5, 0.6) is 0 Å². The second-order valence-electron chi connectivity index (χ2n) is 7.61. The predicted molar refractivity (Wildman–Crippen MR) is 132 cm³/mol. The first kappa shape index (κ1) is 22.8. The van der Waals surface area contributed by atoms with Crippen molar-refractivity contribution in [2.24, 2.45) is 0 Å². The molecule has 0 amide bonds. The quantitative estimate of drug-likeness (QED) is 0.359. The number of pyridine rings is 1. The van der Waals surface area contributed by atoms with Gasteiger partial charge in [-0.25, -0.2) is 9.37 Å². The van der Waals surface area contributed by atoms with E-state index in [9.17, 15) is 9.18 Å². The molecule has 7 heteroatoms. The summed E-state index contributed by atoms with van der Waals surface area (Å²) in [5.74, 6) is -0.118. The van der Waals surface area contributed by atoms with Gasteiger partial charge in [0.2, 0.25) is 0 Å². The number of nitrogens with zero attached hydrogens (tertiary/aromatic N) is 4. The van der Waals surface area contributed by atoms with E-state index in [1.807, 2.05) is 18.2 Å². The van der Waals surface area contributed by atoms with Gasteiger partial charge in [0, 0.05) is 12.7 Å². The molecule has 0 saturated heterocycles. The predicted octanol–water partition coefficient (Wildman–Crippen LogP) is 5.59. The first-order chi connectivity index (χ1) is 16.0. The summed E-state index contributed by atoms with van der Waals surface area (Å²) in [5.41, 5.74) is 2.39. The van der Waals surface area contributed by atoms with Crippen molar-refractivity contribution in [2.45, 2.75) is 20.4 Å². The Hall–Kier alpha value is -3.35. The molecule has 0 saturated carbocycles. The minimum atomic E-state index is -0.496. The fourth-order valence-electron chi connectivity index (χ4n) is 3.70. The van der Waals surface area contributed by atoms with Gasteiger partial charge in [-0.1, -0.05) is 37.6 Å². The van der Waals surface area contributed by atoms with Crippen LogP contribution in [-0.2, 0) is 6.54 Å². The minimum absolute atomic E-state index is 0.186. The maximum absolute atomic E-state index is 13.9. The molecule has 168 valence electrons. The van der Waals surface area contributed by atoms with Crippen LogP contribution in [0.2, 0.25) is 5.02 Å². The first-order valence-electron chi connectivity index (χ1n) is 10.8. The van der Waals surface area contributed by atoms with Gasteiger partial charge < -0.3 is 0 Å². The maximum Gasteiger partial charge on any atom is 0.266 e. The summed E-state index contributed by atoms with van der Waals surface area (Å²) in [5, 5.41) is 0.581. The Bertz CT molecular complexity index is 1380. The summed E-state index contributed by atoms with van der Waals surface area (Å²) in [4.78, 5) is 24.7. The number of fused-ring (bicyclic) bond motifs is 1. The van der Waals surface area contributed by atoms with Crippen molar-refractivity contribution in [3.63, 3.8) is 0 Å². The molecule has 0 spiro atoms. The van der Waals surface area contributed by atoms with Crippen molar-refractivity contribution in [3.8, 4) is 5.69 Å². The highest BCUT2D eigenvalue weighted by Gasteiger charge is 2.14. The van der Waals surface area contributed by atoms with E-state index in [-0.39, 0.29) is 5.39 Å². The van der Waals surface area contributed by atoms with Crippen LogP contribution in [0.15, 0.2) is 65.6 Å². The minimum Gasteiger partial charge on any atom is -0.300 e. The van der Waals surface area contributed by atoms with Crippen LogP contribution in [0.25, 0.3) is 28.7 Å². The van der Waals surface area contributed by atoms with Gasteiger partial charge in [-0.15, -0.1) is 0 Å². The van der Waals surface area contributed by atoms with Crippen molar-refractivity contribution >= 4 is 34.7 Å². The molecule has 4 aromatic rings. The fraction of sp³-hybridized carbons (Fsp3) is 0.192. The van der Waals surface area contributed by atoms with Crippen LogP contribution < -0.4 is 5.56 Å². The van der Waals surface area contributed by atoms with E-state index >= 15 is 0 Å². The van der Waals surface area contributed by atoms with E-state index in [0.717, 1.165) is 30.9 Å². The number of para-hydroxylation sites is 1. The second kappa shape index (κ2) is 10.1. The highest BCUT2D eigenvalue weighted by Crippen LogP contribution is 2.22. The lowest BCUT2D eigenvalue weighted by molar-refractivity contribution is 0.296. The van der Waals surface area contributed by atoms with Crippen LogP contribution in [0.3, 0.4) is 0 Å². The number of benzene rings is 2. The Labute approximate surface area is 196 Å². The van der Waals surface area contributed by atoms with E-state index in [1.165, 1.54) is 22.8 Å². The molecule has 0 N–H and O–H groups in total. The normalized spacial score (nSPS) is 11.7. The fourth-order valence-corrected chi connectivity index (χ4v) is 3.92. The SMILES string of the molecule is CCN(CC)Cc1ccnc(/C=C/c2nc3ccc(F)cc3c(=O)n2-c2ccccc2Cl)c1. The number of halogens is 2. The third-order valence-electron chi connectivity index (χ3n) is 5.50. The molecule has 0 radical (unpaired) electrons. The molecule has 0 aliphatic rings. The lowest BCUT2D eigenvalue weighted by Gasteiger charge is -2.17. The monoisotopic (exact) mass is 462 g/mol. The summed E-state index contributed by atoms with van der Waals surface area (Å²) in [6.45, 7) is 7.04. The molecule has 0 bridgehead atoms. The van der Waals surface area contributed by atoms with Gasteiger partial charge in [-0.3, -0.25) is 19.2 Å². The Morgan fingerprint density at radius 1 is 1.06 bits per heavy atom. The number of hydrogen-bond acceptors (Lipinski definition) is 4. The van der Waals surface area contributed by atoms with Crippen molar-refractivity contribution in [2.75, 3.05) is 13.1 Å². The lowest BCUT2D eigenvalue weighted by atomic mass is 10.2. The standard InChI is InChI=1S/C26H24ClFN4O/c1-3-31(4-2)17-18-13-14-29-20(15-18)10-12-25-30-23-11-9-19(28)16-21(23)26(33)32(25)24-8-6-5-7-22(24)27/h5-16H,3-4,17H2,1-2H3/b12-10+. The van der Waals surface area contributed by atoms with Crippen molar-refractivity contribution in [1.29, 1.82) is 0 Å². The van der Waals surface area contributed by atoms with Gasteiger partial charge in [0.05, 0.1) is 27.3 Å². The average Bonchev–Trinajstić information content (AvgIpc) is 2.83. The van der Waals surface area contributed by atoms with Gasteiger partial charge in [-0.05, 0) is 73.3 Å². The molecule has 0 unspecified atom stereocenters. The highest BCUT2D eigenvalue weighted by molar-refractivity contribution is 6.32. The van der Waals surface area contributed by atoms with E-state index in [1.54, 1.807) is 36.5 Å². The zero-order valence-electron chi connectivity index (χ0n) is 18.5. The van der Waals surface area contributed by atoms with Crippen LogP contribution >= 0.6 is 11.6 Å². The topological polar surface area (TPSA) is 51.0 Å². The average molecular weight is 463 g/mol. The van der Waals surface area contributed by atoms with E-state index in [4.69, 9.17) is 11.6 Å². The maximum atomic E-state index is 13.9. The number of aromatic nitrogens is 3. The molecule has 5 nitrogen and oxygen atoms in total. The van der Waals surface area contributed by atoms with Gasteiger partial charge in [0.25, 0.3) is 5.56 Å². The molecule has 2 aromatic heterocycles. The Kier molecular flexibility index (Phi) is 6.96. The molecular weight excluding hydrogens is 439 g/mol. The van der Waals surface area contributed by atoms with Crippen molar-refractivity contribution in [3.05, 3.63) is 99.1 Å². The van der Waals surface area contributed by atoms with Crippen molar-refractivity contribution in [1.82, 2.24) is 19.4 Å². The smallest absolute Gasteiger partial charge is 0.266 e. The summed E-state index contributed by atoms with van der Waals surface area (Å²) < 4.78 is 15.3. The van der Waals surface area contributed by atoms with Gasteiger partial charge >= 0.3 is 0 Å². The lowest BCUT2D eigenvalue weighted by Crippen LogP contribution is -2.22. The van der Waals surface area contributed by atoms with Crippen LogP contribution in [0, 0.1) is 5.82 Å². The second-order valence-corrected chi connectivity index (χ2v) is 8.01. The number of rotatable bonds is 7. The molecule has 0 aliphatic carbocycles. The molecule has 0 atom stereocenters. The summed E-state index contributed by atoms with van der Waals surface area (Å²) in [6, 6.07) is 15.0. The highest BCUT2D eigenvalue weighted by atomic mass is 35.5. The Balaban J connectivity index is 1.82. The third kappa shape index (κ3) is 5.02. The van der Waals surface area contributed by atoms with Crippen molar-refractivity contribution < 1.29 is 4.39 Å². The molecular formula is C26H24ClFN4O. The van der Waals surface area contributed by atoms with Crippen LogP contribution in [0.1, 0.15) is 30.9 Å². The first-order valence-corrected chi connectivity index (χ1v) is 11.2. The summed E-state index contributed by atoms with van der Waals surface area (Å²) >= 11 is 6.40. The van der Waals surface area contributed by atoms with Gasteiger partial charge in [0.15, 0.2) is 0 Å². The zero-order valence-corrected chi connectivity index (χ0v) is 19.3.